The van der Waals surface area contributed by atoms with Crippen LogP contribution in [0, 0.1) is 0 Å². The molecular formula is C19H13BrN2O4. The van der Waals surface area contributed by atoms with Crippen LogP contribution < -0.4 is 10.4 Å². The lowest BCUT2D eigenvalue weighted by Crippen LogP contribution is -2.03. The number of fused-ring (bicyclic) bond motifs is 1. The molecule has 2 aromatic carbocycles. The highest BCUT2D eigenvalue weighted by molar-refractivity contribution is 9.10. The third-order valence-corrected chi connectivity index (χ3v) is 4.24. The predicted octanol–water partition coefficient (Wildman–Crippen LogP) is 4.67. The van der Waals surface area contributed by atoms with Crippen molar-refractivity contribution in [3.8, 4) is 28.7 Å². The van der Waals surface area contributed by atoms with Crippen molar-refractivity contribution in [1.29, 1.82) is 0 Å². The lowest BCUT2D eigenvalue weighted by atomic mass is 10.2. The molecule has 0 aliphatic heterocycles. The first-order valence-electron chi connectivity index (χ1n) is 7.94. The molecule has 0 aliphatic rings. The van der Waals surface area contributed by atoms with E-state index in [1.165, 1.54) is 0 Å². The van der Waals surface area contributed by atoms with Gasteiger partial charge in [-0.25, -0.2) is 4.79 Å². The Kier molecular flexibility index (Phi) is 4.30. The van der Waals surface area contributed by atoms with Crippen LogP contribution >= 0.6 is 15.9 Å². The summed E-state index contributed by atoms with van der Waals surface area (Å²) in [5.74, 6) is 1.09. The van der Waals surface area contributed by atoms with Crippen LogP contribution in [0.3, 0.4) is 0 Å². The summed E-state index contributed by atoms with van der Waals surface area (Å²) in [4.78, 5) is 12.4. The fourth-order valence-electron chi connectivity index (χ4n) is 2.57. The number of ether oxygens (including phenoxy) is 1. The zero-order chi connectivity index (χ0) is 18.1. The minimum Gasteiger partial charge on any atom is -0.494 e. The van der Waals surface area contributed by atoms with E-state index >= 15 is 0 Å². The minimum atomic E-state index is -0.546. The Bertz CT molecular complexity index is 1150. The fourth-order valence-corrected chi connectivity index (χ4v) is 2.97. The van der Waals surface area contributed by atoms with E-state index in [2.05, 4.69) is 26.1 Å². The SMILES string of the molecule is CCOc1ccc2cc(-c3nnc(-c4cccc(Br)c4)o3)c(=O)oc2c1. The standard InChI is InChI=1S/C19H13BrN2O4/c1-2-24-14-7-6-11-9-15(19(23)25-16(11)10-14)18-22-21-17(26-18)12-4-3-5-13(20)8-12/h3-10H,2H2,1H3. The second-order valence-electron chi connectivity index (χ2n) is 5.50. The van der Waals surface area contributed by atoms with Crippen molar-refractivity contribution in [2.45, 2.75) is 6.92 Å². The van der Waals surface area contributed by atoms with Gasteiger partial charge < -0.3 is 13.6 Å². The molecule has 0 radical (unpaired) electrons. The molecule has 0 amide bonds. The predicted molar refractivity (Wildman–Crippen MR) is 100 cm³/mol. The summed E-state index contributed by atoms with van der Waals surface area (Å²) in [6, 6.07) is 14.5. The van der Waals surface area contributed by atoms with Crippen molar-refractivity contribution < 1.29 is 13.6 Å². The van der Waals surface area contributed by atoms with Gasteiger partial charge >= 0.3 is 5.63 Å². The maximum absolute atomic E-state index is 12.4. The molecule has 2 heterocycles. The Balaban J connectivity index is 1.76. The van der Waals surface area contributed by atoms with Crippen molar-refractivity contribution in [1.82, 2.24) is 10.2 Å². The highest BCUT2D eigenvalue weighted by Gasteiger charge is 2.16. The zero-order valence-corrected chi connectivity index (χ0v) is 15.3. The molecule has 26 heavy (non-hydrogen) atoms. The molecule has 4 aromatic rings. The molecule has 0 unspecified atom stereocenters. The number of hydrogen-bond acceptors (Lipinski definition) is 6. The van der Waals surface area contributed by atoms with Gasteiger partial charge in [-0.2, -0.15) is 0 Å². The fraction of sp³-hybridized carbons (Fsp3) is 0.105. The average Bonchev–Trinajstić information content (AvgIpc) is 3.11. The van der Waals surface area contributed by atoms with Crippen LogP contribution in [0.15, 0.2) is 66.6 Å². The molecule has 4 rings (SSSR count). The first kappa shape index (κ1) is 16.5. The van der Waals surface area contributed by atoms with Gasteiger partial charge in [0.1, 0.15) is 16.9 Å². The summed E-state index contributed by atoms with van der Waals surface area (Å²) < 4.78 is 17.4. The van der Waals surface area contributed by atoms with E-state index in [1.54, 1.807) is 12.1 Å². The Morgan fingerprint density at radius 1 is 1.04 bits per heavy atom. The van der Waals surface area contributed by atoms with Gasteiger partial charge in [-0.15, -0.1) is 10.2 Å². The maximum Gasteiger partial charge on any atom is 0.349 e. The first-order valence-corrected chi connectivity index (χ1v) is 8.74. The van der Waals surface area contributed by atoms with Gasteiger partial charge in [0.15, 0.2) is 0 Å². The van der Waals surface area contributed by atoms with Gasteiger partial charge in [-0.05, 0) is 43.3 Å². The van der Waals surface area contributed by atoms with Crippen LogP contribution in [0.4, 0.5) is 0 Å². The zero-order valence-electron chi connectivity index (χ0n) is 13.7. The van der Waals surface area contributed by atoms with Gasteiger partial charge in [0, 0.05) is 21.5 Å². The van der Waals surface area contributed by atoms with Crippen LogP contribution in [0.1, 0.15) is 6.92 Å². The second kappa shape index (κ2) is 6.76. The lowest BCUT2D eigenvalue weighted by molar-refractivity contribution is 0.340. The molecule has 0 N–H and O–H groups in total. The Labute approximate surface area is 156 Å². The second-order valence-corrected chi connectivity index (χ2v) is 6.42. The van der Waals surface area contributed by atoms with Gasteiger partial charge in [0.25, 0.3) is 5.89 Å². The van der Waals surface area contributed by atoms with E-state index in [0.717, 1.165) is 15.4 Å². The van der Waals surface area contributed by atoms with Crippen LogP contribution in [0.2, 0.25) is 0 Å². The van der Waals surface area contributed by atoms with Crippen LogP contribution in [-0.2, 0) is 0 Å². The van der Waals surface area contributed by atoms with Gasteiger partial charge in [0.2, 0.25) is 5.89 Å². The van der Waals surface area contributed by atoms with Gasteiger partial charge in [0.05, 0.1) is 6.61 Å². The third kappa shape index (κ3) is 3.13. The molecule has 0 aliphatic carbocycles. The summed E-state index contributed by atoms with van der Waals surface area (Å²) in [5, 5.41) is 8.76. The smallest absolute Gasteiger partial charge is 0.349 e. The van der Waals surface area contributed by atoms with E-state index in [9.17, 15) is 4.79 Å². The van der Waals surface area contributed by atoms with E-state index < -0.39 is 5.63 Å². The number of rotatable bonds is 4. The Hall–Kier alpha value is -2.93. The molecule has 0 atom stereocenters. The van der Waals surface area contributed by atoms with Crippen LogP contribution in [0.5, 0.6) is 5.75 Å². The minimum absolute atomic E-state index is 0.115. The van der Waals surface area contributed by atoms with Crippen molar-refractivity contribution in [3.05, 3.63) is 63.4 Å². The van der Waals surface area contributed by atoms with Crippen LogP contribution in [0.25, 0.3) is 33.9 Å². The number of benzene rings is 2. The summed E-state index contributed by atoms with van der Waals surface area (Å²) in [7, 11) is 0. The van der Waals surface area contributed by atoms with E-state index in [-0.39, 0.29) is 11.5 Å². The molecule has 2 aromatic heterocycles. The molecular weight excluding hydrogens is 400 g/mol. The Morgan fingerprint density at radius 3 is 2.69 bits per heavy atom. The maximum atomic E-state index is 12.4. The Morgan fingerprint density at radius 2 is 1.88 bits per heavy atom. The van der Waals surface area contributed by atoms with Gasteiger partial charge in [-0.3, -0.25) is 0 Å². The first-order chi connectivity index (χ1) is 12.6. The third-order valence-electron chi connectivity index (χ3n) is 3.75. The number of nitrogens with zero attached hydrogens (tertiary/aromatic N) is 2. The van der Waals surface area contributed by atoms with Crippen molar-refractivity contribution in [3.63, 3.8) is 0 Å². The largest absolute Gasteiger partial charge is 0.494 e. The lowest BCUT2D eigenvalue weighted by Gasteiger charge is -2.04. The highest BCUT2D eigenvalue weighted by Crippen LogP contribution is 2.27. The van der Waals surface area contributed by atoms with Gasteiger partial charge in [-0.1, -0.05) is 22.0 Å². The molecule has 130 valence electrons. The van der Waals surface area contributed by atoms with Crippen LogP contribution in [-0.4, -0.2) is 16.8 Å². The molecule has 0 saturated heterocycles. The van der Waals surface area contributed by atoms with Crippen molar-refractivity contribution in [2.75, 3.05) is 6.61 Å². The summed E-state index contributed by atoms with van der Waals surface area (Å²) in [5.41, 5.74) is 0.868. The number of hydrogen-bond donors (Lipinski definition) is 0. The highest BCUT2D eigenvalue weighted by atomic mass is 79.9. The van der Waals surface area contributed by atoms with E-state index in [0.29, 0.717) is 23.8 Å². The van der Waals surface area contributed by atoms with Crippen molar-refractivity contribution in [2.24, 2.45) is 0 Å². The summed E-state index contributed by atoms with van der Waals surface area (Å²) >= 11 is 3.40. The summed E-state index contributed by atoms with van der Waals surface area (Å²) in [6.07, 6.45) is 0. The van der Waals surface area contributed by atoms with E-state index in [4.69, 9.17) is 13.6 Å². The quantitative estimate of drug-likeness (QED) is 0.453. The molecule has 7 heteroatoms. The topological polar surface area (TPSA) is 78.4 Å². The normalized spacial score (nSPS) is 11.0. The number of aromatic nitrogens is 2. The molecule has 0 spiro atoms. The summed E-state index contributed by atoms with van der Waals surface area (Å²) in [6.45, 7) is 2.43. The average molecular weight is 413 g/mol. The monoisotopic (exact) mass is 412 g/mol. The van der Waals surface area contributed by atoms with Crippen molar-refractivity contribution >= 4 is 26.9 Å². The number of halogens is 1. The molecule has 6 nitrogen and oxygen atoms in total. The molecule has 0 bridgehead atoms. The molecule has 0 saturated carbocycles. The molecule has 0 fully saturated rings. The van der Waals surface area contributed by atoms with E-state index in [1.807, 2.05) is 43.3 Å².